The molecule has 1 atom stereocenters. The van der Waals surface area contributed by atoms with Gasteiger partial charge in [-0.25, -0.2) is 5.01 Å². The number of thioether (sulfide) groups is 1. The maximum Gasteiger partial charge on any atom is 0.276 e. The van der Waals surface area contributed by atoms with Crippen LogP contribution in [0.25, 0.3) is 5.70 Å². The first-order valence-corrected chi connectivity index (χ1v) is 13.3. The van der Waals surface area contributed by atoms with Gasteiger partial charge in [-0.3, -0.25) is 15.1 Å². The summed E-state index contributed by atoms with van der Waals surface area (Å²) in [5, 5.41) is 22.2. The molecule has 5 rings (SSSR count). The Labute approximate surface area is 226 Å². The number of amidine groups is 1. The first-order chi connectivity index (χ1) is 15.9. The van der Waals surface area contributed by atoms with Crippen molar-refractivity contribution in [2.45, 2.75) is 11.9 Å². The smallest absolute Gasteiger partial charge is 0.276 e. The van der Waals surface area contributed by atoms with Crippen molar-refractivity contribution in [1.29, 1.82) is 0 Å². The van der Waals surface area contributed by atoms with Crippen molar-refractivity contribution in [2.24, 2.45) is 10.1 Å². The number of carbonyl (C=O) groups excluding carboxylic acids is 1. The highest BCUT2D eigenvalue weighted by molar-refractivity contribution is 14.1. The zero-order valence-corrected chi connectivity index (χ0v) is 22.7. The predicted molar refractivity (Wildman–Crippen MR) is 147 cm³/mol. The number of halogens is 3. The van der Waals surface area contributed by atoms with Crippen molar-refractivity contribution in [1.82, 2.24) is 10.3 Å². The summed E-state index contributed by atoms with van der Waals surface area (Å²) in [5.74, 6) is 0.563. The van der Waals surface area contributed by atoms with Crippen molar-refractivity contribution in [3.63, 3.8) is 0 Å². The number of hydrogen-bond donors (Lipinski definition) is 2. The molecule has 0 bridgehead atoms. The topological polar surface area (TPSA) is 77.3 Å². The van der Waals surface area contributed by atoms with Crippen LogP contribution >= 0.6 is 68.5 Å². The van der Waals surface area contributed by atoms with Crippen LogP contribution in [0.1, 0.15) is 17.3 Å². The molecule has 2 heterocycles. The minimum absolute atomic E-state index is 0.233. The summed E-state index contributed by atoms with van der Waals surface area (Å²) >= 11 is 11.9. The summed E-state index contributed by atoms with van der Waals surface area (Å²) in [6, 6.07) is 18.9. The lowest BCUT2D eigenvalue weighted by Crippen LogP contribution is -2.50. The molecular weight excluding hydrogens is 686 g/mol. The largest absolute Gasteiger partial charge is 0.506 e. The maximum atomic E-state index is 13.3. The highest BCUT2D eigenvalue weighted by atomic mass is 127. The Morgan fingerprint density at radius 3 is 2.55 bits per heavy atom. The average Bonchev–Trinajstić information content (AvgIpc) is 2.81. The third kappa shape index (κ3) is 4.47. The molecule has 0 saturated carbocycles. The number of hydrogen-bond acceptors (Lipinski definition) is 6. The molecule has 33 heavy (non-hydrogen) atoms. The minimum Gasteiger partial charge on any atom is -0.506 e. The monoisotopic (exact) mass is 700 g/mol. The van der Waals surface area contributed by atoms with Crippen LogP contribution in [-0.4, -0.2) is 21.2 Å². The molecule has 2 aliphatic rings. The highest BCUT2D eigenvalue weighted by Gasteiger charge is 2.35. The summed E-state index contributed by atoms with van der Waals surface area (Å²) in [7, 11) is 0. The number of benzene rings is 3. The van der Waals surface area contributed by atoms with Gasteiger partial charge in [0.1, 0.15) is 11.4 Å². The molecule has 1 unspecified atom stereocenters. The van der Waals surface area contributed by atoms with Gasteiger partial charge in [0.05, 0.1) is 12.5 Å². The fourth-order valence-corrected chi connectivity index (χ4v) is 6.56. The summed E-state index contributed by atoms with van der Waals surface area (Å²) in [6.45, 7) is 0. The van der Waals surface area contributed by atoms with E-state index in [2.05, 4.69) is 50.5 Å². The lowest BCUT2D eigenvalue weighted by Gasteiger charge is -2.34. The molecule has 3 aromatic rings. The molecular formula is C23H15ClI2N4O2S. The summed E-state index contributed by atoms with van der Waals surface area (Å²) < 4.78 is 1.42. The molecule has 166 valence electrons. The second-order valence-corrected chi connectivity index (χ2v) is 11.0. The normalized spacial score (nSPS) is 17.0. The minimum atomic E-state index is -0.542. The number of para-hydroxylation sites is 1. The van der Waals surface area contributed by atoms with Crippen LogP contribution in [0.15, 0.2) is 70.8 Å². The van der Waals surface area contributed by atoms with E-state index in [0.29, 0.717) is 28.8 Å². The quantitative estimate of drug-likeness (QED) is 0.400. The fraction of sp³-hybridized carbons (Fsp3) is 0.0870. The van der Waals surface area contributed by atoms with E-state index in [9.17, 15) is 9.90 Å². The van der Waals surface area contributed by atoms with E-state index in [-0.39, 0.29) is 11.7 Å². The molecule has 1 amide bonds. The predicted octanol–water partition coefficient (Wildman–Crippen LogP) is 4.33. The lowest BCUT2D eigenvalue weighted by atomic mass is 10.1. The highest BCUT2D eigenvalue weighted by Crippen LogP contribution is 2.36. The van der Waals surface area contributed by atoms with Crippen LogP contribution in [0.5, 0.6) is 5.75 Å². The van der Waals surface area contributed by atoms with Gasteiger partial charge < -0.3 is 5.11 Å². The van der Waals surface area contributed by atoms with Crippen LogP contribution in [0.4, 0.5) is 0 Å². The number of carbonyl (C=O) groups is 1. The van der Waals surface area contributed by atoms with Crippen LogP contribution in [0.3, 0.4) is 0 Å². The van der Waals surface area contributed by atoms with E-state index in [0.717, 1.165) is 21.7 Å². The number of fused-ring (bicyclic) bond motifs is 2. The molecule has 0 fully saturated rings. The Bertz CT molecular complexity index is 1420. The number of nitrogens with zero attached hydrogens (tertiary/aromatic N) is 3. The molecule has 6 nitrogen and oxygen atoms in total. The van der Waals surface area contributed by atoms with Crippen molar-refractivity contribution in [2.75, 3.05) is 0 Å². The first-order valence-electron chi connectivity index (χ1n) is 9.83. The Kier molecular flexibility index (Phi) is 6.56. The second kappa shape index (κ2) is 9.43. The van der Waals surface area contributed by atoms with Gasteiger partial charge in [-0.15, -0.1) is 5.10 Å². The average molecular weight is 701 g/mol. The third-order valence-electron chi connectivity index (χ3n) is 5.17. The van der Waals surface area contributed by atoms with E-state index in [1.165, 1.54) is 11.8 Å². The molecule has 0 aromatic heterocycles. The maximum absolute atomic E-state index is 13.3. The standard InChI is InChI=1S/C23H15ClI2N4O2S/c24-15-7-3-1-5-12(15)11-33-23-28-22(32)19-14-6-2-4-8-18(14)27-21(30(19)29-23)13-9-16(25)20(31)17(26)10-13/h1-10,21,31H,11H2,(H,28,29,32). The van der Waals surface area contributed by atoms with E-state index in [1.54, 1.807) is 5.01 Å². The third-order valence-corrected chi connectivity index (χ3v) is 8.10. The van der Waals surface area contributed by atoms with E-state index >= 15 is 0 Å². The van der Waals surface area contributed by atoms with Gasteiger partial charge in [0.15, 0.2) is 11.3 Å². The Hall–Kier alpha value is -1.83. The number of phenols is 1. The van der Waals surface area contributed by atoms with Crippen LogP contribution in [-0.2, 0) is 10.5 Å². The molecule has 0 spiro atoms. The van der Waals surface area contributed by atoms with Crippen molar-refractivity contribution in [3.05, 3.63) is 94.5 Å². The summed E-state index contributed by atoms with van der Waals surface area (Å²) in [6.07, 6.45) is -0.542. The van der Waals surface area contributed by atoms with Crippen LogP contribution in [0, 0.1) is 7.14 Å². The summed E-state index contributed by atoms with van der Waals surface area (Å²) in [4.78, 5) is 18.2. The number of nitrogens with one attached hydrogen (secondary N) is 1. The molecule has 0 saturated heterocycles. The molecule has 10 heteroatoms. The van der Waals surface area contributed by atoms with Gasteiger partial charge in [-0.2, -0.15) is 0 Å². The summed E-state index contributed by atoms with van der Waals surface area (Å²) in [5.41, 5.74) is 2.25. The van der Waals surface area contributed by atoms with Gasteiger partial charge >= 0.3 is 0 Å². The van der Waals surface area contributed by atoms with Gasteiger partial charge in [-0.1, -0.05) is 59.8 Å². The van der Waals surface area contributed by atoms with Crippen molar-refractivity contribution >= 4 is 85.3 Å². The lowest BCUT2D eigenvalue weighted by molar-refractivity contribution is -0.116. The van der Waals surface area contributed by atoms with Gasteiger partial charge in [0.2, 0.25) is 0 Å². The van der Waals surface area contributed by atoms with E-state index < -0.39 is 6.17 Å². The molecule has 2 aliphatic heterocycles. The van der Waals surface area contributed by atoms with Crippen LogP contribution in [0.2, 0.25) is 5.02 Å². The zero-order valence-electron chi connectivity index (χ0n) is 16.8. The van der Waals surface area contributed by atoms with E-state index in [1.807, 2.05) is 60.7 Å². The van der Waals surface area contributed by atoms with Gasteiger partial charge in [0.25, 0.3) is 5.91 Å². The second-order valence-electron chi connectivity index (χ2n) is 7.29. The number of phenolic OH excluding ortho intramolecular Hbond substituents is 1. The van der Waals surface area contributed by atoms with Crippen molar-refractivity contribution in [3.8, 4) is 5.75 Å². The van der Waals surface area contributed by atoms with Gasteiger partial charge in [0, 0.05) is 21.6 Å². The number of rotatable bonds is 3. The SMILES string of the molecule is O=C1NC(SCc2ccccc2Cl)=NN2C1=c1ccccc1=NC2c1cc(I)c(O)c(I)c1. The Balaban J connectivity index is 1.59. The zero-order chi connectivity index (χ0) is 23.1. The van der Waals surface area contributed by atoms with Gasteiger partial charge in [-0.05, 0) is 75.0 Å². The molecule has 0 radical (unpaired) electrons. The van der Waals surface area contributed by atoms with Crippen molar-refractivity contribution < 1.29 is 9.90 Å². The Morgan fingerprint density at radius 2 is 1.79 bits per heavy atom. The number of hydrazone groups is 1. The Morgan fingerprint density at radius 1 is 1.09 bits per heavy atom. The van der Waals surface area contributed by atoms with Crippen LogP contribution < -0.4 is 15.9 Å². The molecule has 2 N–H and O–H groups in total. The van der Waals surface area contributed by atoms with E-state index in [4.69, 9.17) is 21.7 Å². The first kappa shape index (κ1) is 22.9. The number of amides is 1. The molecule has 3 aromatic carbocycles. The number of aromatic hydroxyl groups is 1. The fourth-order valence-electron chi connectivity index (χ4n) is 3.61. The molecule has 0 aliphatic carbocycles.